The highest BCUT2D eigenvalue weighted by Crippen LogP contribution is 2.22. The second-order valence-corrected chi connectivity index (χ2v) is 2.77. The molecule has 0 unspecified atom stereocenters. The smallest absolute Gasteiger partial charge is 0.335 e. The summed E-state index contributed by atoms with van der Waals surface area (Å²) in [5.41, 5.74) is 0.0855. The molecule has 0 saturated carbocycles. The number of rotatable bonds is 5. The van der Waals surface area contributed by atoms with E-state index in [1.807, 2.05) is 0 Å². The Labute approximate surface area is 86.9 Å². The summed E-state index contributed by atoms with van der Waals surface area (Å²) in [6, 6.07) is 4.33. The number of carboxylic acid groups (broad SMARTS) is 1. The molecule has 0 heterocycles. The summed E-state index contributed by atoms with van der Waals surface area (Å²) in [5.74, 6) is -0.286. The van der Waals surface area contributed by atoms with Gasteiger partial charge in [-0.05, 0) is 12.1 Å². The average molecular weight is 212 g/mol. The lowest BCUT2D eigenvalue weighted by atomic mass is 10.2. The number of carboxylic acids is 1. The summed E-state index contributed by atoms with van der Waals surface area (Å²) in [6.45, 7) is -0.00809. The van der Waals surface area contributed by atoms with E-state index in [9.17, 15) is 4.79 Å². The van der Waals surface area contributed by atoms with Crippen molar-refractivity contribution in [2.24, 2.45) is 0 Å². The number of methoxy groups -OCH3 is 1. The van der Waals surface area contributed by atoms with Crippen LogP contribution in [0.4, 0.5) is 0 Å². The Morgan fingerprint density at radius 2 is 2.00 bits per heavy atom. The second-order valence-electron chi connectivity index (χ2n) is 2.77. The third-order valence-electron chi connectivity index (χ3n) is 1.72. The van der Waals surface area contributed by atoms with Crippen molar-refractivity contribution in [1.82, 2.24) is 0 Å². The summed E-state index contributed by atoms with van der Waals surface area (Å²) in [6.07, 6.45) is 0. The molecular formula is C10H12O5. The first-order valence-electron chi connectivity index (χ1n) is 4.33. The summed E-state index contributed by atoms with van der Waals surface area (Å²) in [7, 11) is 1.44. The molecule has 0 saturated heterocycles. The first-order chi connectivity index (χ1) is 7.17. The SMILES string of the molecule is COc1cc(OCCO)cc(C(=O)O)c1. The van der Waals surface area contributed by atoms with Crippen molar-refractivity contribution in [2.75, 3.05) is 20.3 Å². The van der Waals surface area contributed by atoms with Gasteiger partial charge in [-0.2, -0.15) is 0 Å². The fourth-order valence-corrected chi connectivity index (χ4v) is 1.06. The molecule has 1 aromatic carbocycles. The van der Waals surface area contributed by atoms with Crippen molar-refractivity contribution in [3.05, 3.63) is 23.8 Å². The number of ether oxygens (including phenoxy) is 2. The molecule has 0 atom stereocenters. The minimum Gasteiger partial charge on any atom is -0.497 e. The maximum atomic E-state index is 10.7. The minimum atomic E-state index is -1.05. The van der Waals surface area contributed by atoms with E-state index in [1.165, 1.54) is 19.2 Å². The predicted octanol–water partition coefficient (Wildman–Crippen LogP) is 0.764. The van der Waals surface area contributed by atoms with Gasteiger partial charge < -0.3 is 19.7 Å². The molecule has 82 valence electrons. The third kappa shape index (κ3) is 3.14. The van der Waals surface area contributed by atoms with Crippen molar-refractivity contribution < 1.29 is 24.5 Å². The summed E-state index contributed by atoms with van der Waals surface area (Å²) < 4.78 is 10.0. The monoisotopic (exact) mass is 212 g/mol. The Morgan fingerprint density at radius 1 is 1.33 bits per heavy atom. The molecule has 0 spiro atoms. The standard InChI is InChI=1S/C10H12O5/c1-14-8-4-7(10(12)13)5-9(6-8)15-3-2-11/h4-6,11H,2-3H2,1H3,(H,12,13). The van der Waals surface area contributed by atoms with E-state index < -0.39 is 5.97 Å². The van der Waals surface area contributed by atoms with Gasteiger partial charge in [0.15, 0.2) is 0 Å². The van der Waals surface area contributed by atoms with Crippen LogP contribution in [0.15, 0.2) is 18.2 Å². The van der Waals surface area contributed by atoms with Gasteiger partial charge in [-0.3, -0.25) is 0 Å². The van der Waals surface area contributed by atoms with E-state index in [1.54, 1.807) is 6.07 Å². The molecule has 5 heteroatoms. The summed E-state index contributed by atoms with van der Waals surface area (Å²) >= 11 is 0. The van der Waals surface area contributed by atoms with E-state index in [0.717, 1.165) is 0 Å². The van der Waals surface area contributed by atoms with Crippen LogP contribution in [0.2, 0.25) is 0 Å². The van der Waals surface area contributed by atoms with Crippen LogP contribution >= 0.6 is 0 Å². The van der Waals surface area contributed by atoms with E-state index in [4.69, 9.17) is 19.7 Å². The molecule has 15 heavy (non-hydrogen) atoms. The predicted molar refractivity (Wildman–Crippen MR) is 52.5 cm³/mol. The molecule has 1 rings (SSSR count). The maximum absolute atomic E-state index is 10.7. The van der Waals surface area contributed by atoms with Crippen molar-refractivity contribution in [3.8, 4) is 11.5 Å². The van der Waals surface area contributed by atoms with Crippen LogP contribution in [0.5, 0.6) is 11.5 Å². The van der Waals surface area contributed by atoms with Crippen LogP contribution in [-0.4, -0.2) is 36.5 Å². The fraction of sp³-hybridized carbons (Fsp3) is 0.300. The highest BCUT2D eigenvalue weighted by atomic mass is 16.5. The topological polar surface area (TPSA) is 76.0 Å². The second kappa shape index (κ2) is 5.21. The number of hydrogen-bond donors (Lipinski definition) is 2. The Balaban J connectivity index is 2.95. The summed E-state index contributed by atoms with van der Waals surface area (Å²) in [4.78, 5) is 10.7. The number of carbonyl (C=O) groups is 1. The van der Waals surface area contributed by atoms with E-state index in [-0.39, 0.29) is 18.8 Å². The molecule has 0 amide bonds. The van der Waals surface area contributed by atoms with Gasteiger partial charge in [-0.15, -0.1) is 0 Å². The Hall–Kier alpha value is -1.75. The summed E-state index contributed by atoms with van der Waals surface area (Å²) in [5, 5.41) is 17.4. The van der Waals surface area contributed by atoms with E-state index >= 15 is 0 Å². The first-order valence-corrected chi connectivity index (χ1v) is 4.33. The molecule has 0 aliphatic heterocycles. The highest BCUT2D eigenvalue weighted by molar-refractivity contribution is 5.88. The van der Waals surface area contributed by atoms with Gasteiger partial charge in [0.1, 0.15) is 18.1 Å². The lowest BCUT2D eigenvalue weighted by Gasteiger charge is -2.07. The number of benzene rings is 1. The molecule has 0 aliphatic rings. The zero-order chi connectivity index (χ0) is 11.3. The number of hydrogen-bond acceptors (Lipinski definition) is 4. The number of aliphatic hydroxyl groups excluding tert-OH is 1. The van der Waals surface area contributed by atoms with Gasteiger partial charge in [0.05, 0.1) is 19.3 Å². The third-order valence-corrected chi connectivity index (χ3v) is 1.72. The Morgan fingerprint density at radius 3 is 2.53 bits per heavy atom. The maximum Gasteiger partial charge on any atom is 0.335 e. The first kappa shape index (κ1) is 11.3. The molecule has 5 nitrogen and oxygen atoms in total. The van der Waals surface area contributed by atoms with Crippen molar-refractivity contribution in [3.63, 3.8) is 0 Å². The zero-order valence-corrected chi connectivity index (χ0v) is 8.27. The molecule has 1 aromatic rings. The molecular weight excluding hydrogens is 200 g/mol. The van der Waals surface area contributed by atoms with Gasteiger partial charge in [-0.25, -0.2) is 4.79 Å². The lowest BCUT2D eigenvalue weighted by molar-refractivity contribution is 0.0696. The van der Waals surface area contributed by atoms with Crippen LogP contribution in [0.25, 0.3) is 0 Å². The normalized spacial score (nSPS) is 9.73. The van der Waals surface area contributed by atoms with Crippen LogP contribution < -0.4 is 9.47 Å². The van der Waals surface area contributed by atoms with Gasteiger partial charge in [-0.1, -0.05) is 0 Å². The van der Waals surface area contributed by atoms with Gasteiger partial charge in [0.2, 0.25) is 0 Å². The van der Waals surface area contributed by atoms with Crippen molar-refractivity contribution in [2.45, 2.75) is 0 Å². The quantitative estimate of drug-likeness (QED) is 0.753. The number of aromatic carboxylic acids is 1. The van der Waals surface area contributed by atoms with Crippen LogP contribution in [0.1, 0.15) is 10.4 Å². The van der Waals surface area contributed by atoms with E-state index in [2.05, 4.69) is 0 Å². The van der Waals surface area contributed by atoms with Gasteiger partial charge in [0, 0.05) is 6.07 Å². The zero-order valence-electron chi connectivity index (χ0n) is 8.27. The van der Waals surface area contributed by atoms with Crippen molar-refractivity contribution in [1.29, 1.82) is 0 Å². The number of aliphatic hydroxyl groups is 1. The largest absolute Gasteiger partial charge is 0.497 e. The highest BCUT2D eigenvalue weighted by Gasteiger charge is 2.07. The molecule has 2 N–H and O–H groups in total. The Bertz CT molecular complexity index is 348. The van der Waals surface area contributed by atoms with Gasteiger partial charge >= 0.3 is 5.97 Å². The average Bonchev–Trinajstić information content (AvgIpc) is 2.25. The van der Waals surface area contributed by atoms with Crippen LogP contribution in [0, 0.1) is 0 Å². The van der Waals surface area contributed by atoms with Crippen LogP contribution in [-0.2, 0) is 0 Å². The Kier molecular flexibility index (Phi) is 3.93. The van der Waals surface area contributed by atoms with Crippen LogP contribution in [0.3, 0.4) is 0 Å². The molecule has 0 fully saturated rings. The lowest BCUT2D eigenvalue weighted by Crippen LogP contribution is -2.04. The van der Waals surface area contributed by atoms with Crippen molar-refractivity contribution >= 4 is 5.97 Å². The molecule has 0 aromatic heterocycles. The fourth-order valence-electron chi connectivity index (χ4n) is 1.06. The molecule has 0 bridgehead atoms. The molecule has 0 aliphatic carbocycles. The van der Waals surface area contributed by atoms with Gasteiger partial charge in [0.25, 0.3) is 0 Å². The minimum absolute atomic E-state index is 0.0855. The molecule has 0 radical (unpaired) electrons. The van der Waals surface area contributed by atoms with E-state index in [0.29, 0.717) is 11.5 Å².